The summed E-state index contributed by atoms with van der Waals surface area (Å²) in [5, 5.41) is 2.63. The van der Waals surface area contributed by atoms with Gasteiger partial charge in [0.15, 0.2) is 0 Å². The van der Waals surface area contributed by atoms with E-state index in [9.17, 15) is 4.79 Å². The largest absolute Gasteiger partial charge is 0.474 e. The Balaban J connectivity index is 0.00000115. The summed E-state index contributed by atoms with van der Waals surface area (Å²) in [5.74, 6) is 0.658. The van der Waals surface area contributed by atoms with Crippen molar-refractivity contribution in [1.82, 2.24) is 15.2 Å². The zero-order chi connectivity index (χ0) is 14.1. The number of amides is 2. The minimum Gasteiger partial charge on any atom is -0.474 e. The number of hydrogen-bond acceptors (Lipinski definition) is 3. The summed E-state index contributed by atoms with van der Waals surface area (Å²) in [5.41, 5.74) is 0. The third kappa shape index (κ3) is 4.77. The van der Waals surface area contributed by atoms with Crippen LogP contribution in [-0.4, -0.2) is 42.2 Å². The number of urea groups is 1. The highest BCUT2D eigenvalue weighted by atomic mass is 16.5. The van der Waals surface area contributed by atoms with Crippen LogP contribution >= 0.6 is 0 Å². The van der Waals surface area contributed by atoms with Gasteiger partial charge >= 0.3 is 6.03 Å². The molecule has 0 unspecified atom stereocenters. The molecule has 0 aliphatic carbocycles. The molecule has 2 amide bonds. The van der Waals surface area contributed by atoms with Crippen molar-refractivity contribution in [3.63, 3.8) is 0 Å². The first-order valence-corrected chi connectivity index (χ1v) is 6.84. The summed E-state index contributed by atoms with van der Waals surface area (Å²) in [6, 6.07) is 5.61. The maximum absolute atomic E-state index is 11.4. The van der Waals surface area contributed by atoms with Gasteiger partial charge in [-0.05, 0) is 6.07 Å². The number of piperidine rings is 1. The molecule has 1 aliphatic rings. The Kier molecular flexibility index (Phi) is 6.71. The van der Waals surface area contributed by atoms with Crippen LogP contribution in [0.15, 0.2) is 24.4 Å². The second kappa shape index (κ2) is 8.34. The van der Waals surface area contributed by atoms with Crippen LogP contribution in [0.25, 0.3) is 0 Å². The van der Waals surface area contributed by atoms with Gasteiger partial charge in [-0.1, -0.05) is 19.9 Å². The molecule has 0 spiro atoms. The van der Waals surface area contributed by atoms with E-state index in [1.165, 1.54) is 0 Å². The van der Waals surface area contributed by atoms with Gasteiger partial charge in [0.25, 0.3) is 0 Å². The third-order valence-electron chi connectivity index (χ3n) is 2.87. The lowest BCUT2D eigenvalue weighted by molar-refractivity contribution is 0.108. The minimum atomic E-state index is -0.0127. The summed E-state index contributed by atoms with van der Waals surface area (Å²) < 4.78 is 5.75. The Labute approximate surface area is 116 Å². The lowest BCUT2D eigenvalue weighted by Gasteiger charge is -2.31. The van der Waals surface area contributed by atoms with Crippen LogP contribution in [0.3, 0.4) is 0 Å². The van der Waals surface area contributed by atoms with Crippen LogP contribution in [-0.2, 0) is 0 Å². The van der Waals surface area contributed by atoms with Gasteiger partial charge in [0.05, 0.1) is 0 Å². The molecule has 108 valence electrons. The summed E-state index contributed by atoms with van der Waals surface area (Å²) in [6.45, 7) is 5.47. The van der Waals surface area contributed by atoms with Gasteiger partial charge in [-0.3, -0.25) is 0 Å². The number of rotatable bonds is 2. The van der Waals surface area contributed by atoms with E-state index in [2.05, 4.69) is 10.3 Å². The summed E-state index contributed by atoms with van der Waals surface area (Å²) in [7, 11) is 1.65. The maximum atomic E-state index is 11.4. The molecular formula is C14H25N3O2. The second-order valence-electron chi connectivity index (χ2n) is 4.03. The smallest absolute Gasteiger partial charge is 0.317 e. The van der Waals surface area contributed by atoms with Gasteiger partial charge < -0.3 is 15.0 Å². The van der Waals surface area contributed by atoms with Gasteiger partial charge in [-0.15, -0.1) is 0 Å². The monoisotopic (exact) mass is 267 g/mol. The fraction of sp³-hybridized carbons (Fsp3) is 0.571. The number of carbonyl (C=O) groups is 1. The zero-order valence-corrected chi connectivity index (χ0v) is 11.9. The molecule has 1 aliphatic heterocycles. The van der Waals surface area contributed by atoms with Crippen molar-refractivity contribution in [1.29, 1.82) is 0 Å². The van der Waals surface area contributed by atoms with E-state index in [1.54, 1.807) is 18.1 Å². The molecule has 0 radical (unpaired) electrons. The maximum Gasteiger partial charge on any atom is 0.317 e. The molecule has 1 saturated heterocycles. The Bertz CT molecular complexity index is 368. The molecule has 5 heteroatoms. The van der Waals surface area contributed by atoms with Crippen molar-refractivity contribution in [3.8, 4) is 5.88 Å². The number of aromatic nitrogens is 1. The Hall–Kier alpha value is -1.78. The molecule has 2 rings (SSSR count). The molecular weight excluding hydrogens is 242 g/mol. The lowest BCUT2D eigenvalue weighted by Crippen LogP contribution is -2.45. The van der Waals surface area contributed by atoms with Crippen molar-refractivity contribution in [2.75, 3.05) is 20.1 Å². The van der Waals surface area contributed by atoms with Crippen molar-refractivity contribution < 1.29 is 11.0 Å². The van der Waals surface area contributed by atoms with E-state index in [0.29, 0.717) is 5.88 Å². The molecule has 2 heterocycles. The van der Waals surface area contributed by atoms with E-state index >= 15 is 0 Å². The average Bonchev–Trinajstić information content (AvgIpc) is 2.50. The van der Waals surface area contributed by atoms with Gasteiger partial charge in [0.1, 0.15) is 6.10 Å². The van der Waals surface area contributed by atoms with E-state index in [1.807, 2.05) is 32.0 Å². The molecule has 1 N–H and O–H groups in total. The number of nitrogens with one attached hydrogen (secondary N) is 1. The quantitative estimate of drug-likeness (QED) is 0.896. The second-order valence-corrected chi connectivity index (χ2v) is 4.03. The fourth-order valence-corrected chi connectivity index (χ4v) is 1.92. The van der Waals surface area contributed by atoms with Crippen molar-refractivity contribution in [3.05, 3.63) is 24.4 Å². The van der Waals surface area contributed by atoms with Crippen LogP contribution in [0.5, 0.6) is 5.88 Å². The molecule has 0 atom stereocenters. The normalized spacial score (nSPS) is 15.2. The highest BCUT2D eigenvalue weighted by molar-refractivity contribution is 5.73. The predicted octanol–water partition coefficient (Wildman–Crippen LogP) is 2.54. The van der Waals surface area contributed by atoms with Crippen LogP contribution in [0, 0.1) is 0 Å². The summed E-state index contributed by atoms with van der Waals surface area (Å²) in [4.78, 5) is 17.3. The fourth-order valence-electron chi connectivity index (χ4n) is 1.92. The number of ether oxygens (including phenoxy) is 1. The van der Waals surface area contributed by atoms with E-state index in [-0.39, 0.29) is 13.6 Å². The SMILES string of the molecule is CC.CNC(=O)N1CCC(Oc2ccccn2)CC1.[HH]. The topological polar surface area (TPSA) is 54.5 Å². The number of hydrogen-bond donors (Lipinski definition) is 1. The van der Waals surface area contributed by atoms with Crippen LogP contribution in [0.2, 0.25) is 0 Å². The predicted molar refractivity (Wildman–Crippen MR) is 77.4 cm³/mol. The molecule has 1 fully saturated rings. The van der Waals surface area contributed by atoms with Crippen LogP contribution in [0.4, 0.5) is 4.79 Å². The Morgan fingerprint density at radius 1 is 1.42 bits per heavy atom. The molecule has 1 aromatic rings. The van der Waals surface area contributed by atoms with E-state index in [4.69, 9.17) is 4.74 Å². The Morgan fingerprint density at radius 2 is 2.11 bits per heavy atom. The minimum absolute atomic E-state index is 0. The summed E-state index contributed by atoms with van der Waals surface area (Å²) >= 11 is 0. The van der Waals surface area contributed by atoms with E-state index < -0.39 is 0 Å². The molecule has 0 bridgehead atoms. The first-order chi connectivity index (χ1) is 9.29. The van der Waals surface area contributed by atoms with Crippen LogP contribution < -0.4 is 10.1 Å². The molecule has 0 aromatic carbocycles. The number of likely N-dealkylation sites (tertiary alicyclic amines) is 1. The first kappa shape index (κ1) is 15.3. The van der Waals surface area contributed by atoms with Gasteiger partial charge in [0, 0.05) is 46.7 Å². The van der Waals surface area contributed by atoms with Crippen molar-refractivity contribution in [2.45, 2.75) is 32.8 Å². The van der Waals surface area contributed by atoms with Crippen molar-refractivity contribution >= 4 is 6.03 Å². The Morgan fingerprint density at radius 3 is 2.63 bits per heavy atom. The highest BCUT2D eigenvalue weighted by Crippen LogP contribution is 2.16. The average molecular weight is 267 g/mol. The molecule has 19 heavy (non-hydrogen) atoms. The third-order valence-corrected chi connectivity index (χ3v) is 2.87. The van der Waals surface area contributed by atoms with Crippen LogP contribution in [0.1, 0.15) is 28.1 Å². The van der Waals surface area contributed by atoms with Gasteiger partial charge in [0.2, 0.25) is 5.88 Å². The zero-order valence-electron chi connectivity index (χ0n) is 11.9. The first-order valence-electron chi connectivity index (χ1n) is 6.84. The molecule has 0 saturated carbocycles. The standard InChI is InChI=1S/C12H17N3O2.C2H6.H2/c1-13-12(16)15-8-5-10(6-9-15)17-11-4-2-3-7-14-11;1-2;/h2-4,7,10H,5-6,8-9H2,1H3,(H,13,16);1-2H3;1H. The number of nitrogens with zero attached hydrogens (tertiary/aromatic N) is 2. The number of carbonyl (C=O) groups excluding carboxylic acids is 1. The molecule has 1 aromatic heterocycles. The van der Waals surface area contributed by atoms with E-state index in [0.717, 1.165) is 25.9 Å². The lowest BCUT2D eigenvalue weighted by atomic mass is 10.1. The number of pyridine rings is 1. The van der Waals surface area contributed by atoms with Crippen molar-refractivity contribution in [2.24, 2.45) is 0 Å². The van der Waals surface area contributed by atoms with Gasteiger partial charge in [-0.2, -0.15) is 0 Å². The summed E-state index contributed by atoms with van der Waals surface area (Å²) in [6.07, 6.45) is 3.58. The van der Waals surface area contributed by atoms with Gasteiger partial charge in [-0.25, -0.2) is 9.78 Å². The highest BCUT2D eigenvalue weighted by Gasteiger charge is 2.23. The molecule has 5 nitrogen and oxygen atoms in total.